The third-order valence-corrected chi connectivity index (χ3v) is 7.04. The fourth-order valence-corrected chi connectivity index (χ4v) is 5.74. The van der Waals surface area contributed by atoms with Crippen LogP contribution in [0.3, 0.4) is 0 Å². The molecule has 2 aliphatic rings. The molecule has 30 heavy (non-hydrogen) atoms. The van der Waals surface area contributed by atoms with Crippen LogP contribution in [-0.2, 0) is 16.6 Å². The Morgan fingerprint density at radius 1 is 1.20 bits per heavy atom. The summed E-state index contributed by atoms with van der Waals surface area (Å²) in [6, 6.07) is 14.5. The molecule has 5 heteroatoms. The Balaban J connectivity index is 1.83. The van der Waals surface area contributed by atoms with Crippen molar-refractivity contribution in [3.05, 3.63) is 71.6 Å². The Labute approximate surface area is 175 Å². The Hall–Kier alpha value is -3.26. The second kappa shape index (κ2) is 6.91. The average Bonchev–Trinajstić information content (AvgIpc) is 3.31. The van der Waals surface area contributed by atoms with Crippen molar-refractivity contribution in [1.82, 2.24) is 9.97 Å². The average molecular weight is 397 g/mol. The van der Waals surface area contributed by atoms with Crippen molar-refractivity contribution in [2.75, 3.05) is 0 Å². The minimum absolute atomic E-state index is 0.0679. The highest BCUT2D eigenvalue weighted by Crippen LogP contribution is 2.56. The first-order valence-electron chi connectivity index (χ1n) is 10.5. The van der Waals surface area contributed by atoms with Crippen LogP contribution >= 0.6 is 0 Å². The van der Waals surface area contributed by atoms with Crippen LogP contribution in [-0.4, -0.2) is 15.8 Å². The lowest BCUT2D eigenvalue weighted by Gasteiger charge is -2.51. The molecule has 0 N–H and O–H groups in total. The molecule has 0 bridgehead atoms. The highest BCUT2D eigenvalue weighted by Gasteiger charge is 2.56. The van der Waals surface area contributed by atoms with E-state index < -0.39 is 11.3 Å². The topological polar surface area (TPSA) is 79.8 Å². The summed E-state index contributed by atoms with van der Waals surface area (Å²) >= 11 is 0. The first kappa shape index (κ1) is 18.7. The van der Waals surface area contributed by atoms with E-state index in [0.29, 0.717) is 12.2 Å². The molecule has 5 rings (SSSR count). The molecule has 0 saturated heterocycles. The summed E-state index contributed by atoms with van der Waals surface area (Å²) in [7, 11) is 0. The molecule has 0 spiro atoms. The minimum atomic E-state index is -0.630. The van der Waals surface area contributed by atoms with Gasteiger partial charge in [-0.05, 0) is 43.7 Å². The lowest BCUT2D eigenvalue weighted by molar-refractivity contribution is -0.131. The zero-order valence-electron chi connectivity index (χ0n) is 17.1. The van der Waals surface area contributed by atoms with Gasteiger partial charge in [0.1, 0.15) is 11.7 Å². The van der Waals surface area contributed by atoms with Crippen LogP contribution in [0.1, 0.15) is 42.4 Å². The van der Waals surface area contributed by atoms with Crippen molar-refractivity contribution in [3.63, 3.8) is 0 Å². The molecule has 0 aliphatic heterocycles. The second-order valence-corrected chi connectivity index (χ2v) is 8.52. The Morgan fingerprint density at radius 3 is 2.70 bits per heavy atom. The second-order valence-electron chi connectivity index (χ2n) is 8.52. The molecule has 1 saturated carbocycles. The summed E-state index contributed by atoms with van der Waals surface area (Å²) in [5.41, 5.74) is 4.59. The van der Waals surface area contributed by atoms with Crippen LogP contribution in [0.5, 0.6) is 0 Å². The van der Waals surface area contributed by atoms with Gasteiger partial charge in [0.25, 0.3) is 0 Å². The number of aromatic nitrogens is 2. The van der Waals surface area contributed by atoms with E-state index in [1.165, 1.54) is 0 Å². The summed E-state index contributed by atoms with van der Waals surface area (Å²) in [5.74, 6) is 0.0489. The Bertz CT molecular complexity index is 1150. The SMILES string of the molecule is Cc1nc(-c2ccoc2)c2c(n1)[C@]1(c3ccccc3)CC(C#N)C(=O)[C@@H](C)[C@@H]1CC2. The number of aryl methyl sites for hydroxylation is 1. The van der Waals surface area contributed by atoms with E-state index in [1.54, 1.807) is 12.5 Å². The van der Waals surface area contributed by atoms with Gasteiger partial charge in [-0.15, -0.1) is 0 Å². The maximum absolute atomic E-state index is 12.9. The number of carbonyl (C=O) groups is 1. The van der Waals surface area contributed by atoms with Gasteiger partial charge in [0.2, 0.25) is 0 Å². The lowest BCUT2D eigenvalue weighted by Crippen LogP contribution is -2.53. The normalized spacial score (nSPS) is 27.8. The number of benzene rings is 1. The number of fused-ring (bicyclic) bond motifs is 3. The fourth-order valence-electron chi connectivity index (χ4n) is 5.74. The van der Waals surface area contributed by atoms with Gasteiger partial charge in [0.15, 0.2) is 5.78 Å². The van der Waals surface area contributed by atoms with Gasteiger partial charge >= 0.3 is 0 Å². The van der Waals surface area contributed by atoms with E-state index in [9.17, 15) is 10.1 Å². The predicted octanol–water partition coefficient (Wildman–Crippen LogP) is 4.64. The predicted molar refractivity (Wildman–Crippen MR) is 111 cm³/mol. The Morgan fingerprint density at radius 2 is 2.00 bits per heavy atom. The highest BCUT2D eigenvalue weighted by atomic mass is 16.3. The molecular weight excluding hydrogens is 374 g/mol. The number of furan rings is 1. The van der Waals surface area contributed by atoms with Crippen LogP contribution in [0.25, 0.3) is 11.3 Å². The molecular formula is C25H23N3O2. The van der Waals surface area contributed by atoms with Crippen molar-refractivity contribution in [2.45, 2.75) is 38.5 Å². The highest BCUT2D eigenvalue weighted by molar-refractivity contribution is 5.87. The van der Waals surface area contributed by atoms with Crippen molar-refractivity contribution in [2.24, 2.45) is 17.8 Å². The minimum Gasteiger partial charge on any atom is -0.472 e. The van der Waals surface area contributed by atoms with E-state index in [0.717, 1.165) is 40.9 Å². The molecule has 0 amide bonds. The van der Waals surface area contributed by atoms with Crippen molar-refractivity contribution < 1.29 is 9.21 Å². The molecule has 3 aromatic rings. The molecule has 150 valence electrons. The first-order chi connectivity index (χ1) is 14.6. The van der Waals surface area contributed by atoms with Gasteiger partial charge in [0, 0.05) is 22.5 Å². The number of rotatable bonds is 2. The number of hydrogen-bond donors (Lipinski definition) is 0. The first-order valence-corrected chi connectivity index (χ1v) is 10.5. The molecule has 1 unspecified atom stereocenters. The molecule has 5 nitrogen and oxygen atoms in total. The number of nitriles is 1. The lowest BCUT2D eigenvalue weighted by atomic mass is 9.51. The van der Waals surface area contributed by atoms with Crippen LogP contribution in [0.4, 0.5) is 0 Å². The molecule has 2 aliphatic carbocycles. The molecule has 0 radical (unpaired) electrons. The molecule has 2 aromatic heterocycles. The maximum Gasteiger partial charge on any atom is 0.153 e. The number of Topliss-reactive ketones (excluding diaryl/α,β-unsaturated/α-hetero) is 1. The van der Waals surface area contributed by atoms with Crippen LogP contribution in [0.2, 0.25) is 0 Å². The number of nitrogens with zero attached hydrogens (tertiary/aromatic N) is 3. The third-order valence-electron chi connectivity index (χ3n) is 7.04. The number of carbonyl (C=O) groups excluding carboxylic acids is 1. The zero-order valence-corrected chi connectivity index (χ0v) is 17.1. The van der Waals surface area contributed by atoms with Gasteiger partial charge in [-0.1, -0.05) is 37.3 Å². The molecule has 2 heterocycles. The van der Waals surface area contributed by atoms with E-state index in [-0.39, 0.29) is 17.6 Å². The largest absolute Gasteiger partial charge is 0.472 e. The smallest absolute Gasteiger partial charge is 0.153 e. The zero-order chi connectivity index (χ0) is 20.9. The van der Waals surface area contributed by atoms with Crippen molar-refractivity contribution in [3.8, 4) is 17.3 Å². The Kier molecular flexibility index (Phi) is 4.32. The van der Waals surface area contributed by atoms with Gasteiger partial charge in [-0.3, -0.25) is 4.79 Å². The van der Waals surface area contributed by atoms with Crippen LogP contribution in [0, 0.1) is 36.0 Å². The summed E-state index contributed by atoms with van der Waals surface area (Å²) in [6.07, 6.45) is 5.52. The van der Waals surface area contributed by atoms with E-state index in [1.807, 2.05) is 38.1 Å². The van der Waals surface area contributed by atoms with Gasteiger partial charge in [-0.25, -0.2) is 9.97 Å². The maximum atomic E-state index is 12.9. The van der Waals surface area contributed by atoms with Gasteiger partial charge < -0.3 is 4.42 Å². The molecule has 4 atom stereocenters. The molecule has 1 aromatic carbocycles. The summed E-state index contributed by atoms with van der Waals surface area (Å²) in [5, 5.41) is 9.82. The quantitative estimate of drug-likeness (QED) is 0.629. The monoisotopic (exact) mass is 397 g/mol. The van der Waals surface area contributed by atoms with Gasteiger partial charge in [0.05, 0.1) is 30.0 Å². The summed E-state index contributed by atoms with van der Waals surface area (Å²) in [4.78, 5) is 22.7. The van der Waals surface area contributed by atoms with Crippen LogP contribution in [0.15, 0.2) is 53.3 Å². The van der Waals surface area contributed by atoms with Crippen molar-refractivity contribution >= 4 is 5.78 Å². The standard InChI is InChI=1S/C25H23N3O2/c1-15-21-9-8-20-22(17-10-11-30-14-17)27-16(2)28-24(20)25(21,12-18(13-26)23(15)29)19-6-4-3-5-7-19/h3-7,10-11,14-15,18,21H,8-9,12H2,1-2H3/t15-,18?,21-,25-/m0/s1. The van der Waals surface area contributed by atoms with Gasteiger partial charge in [-0.2, -0.15) is 5.26 Å². The van der Waals surface area contributed by atoms with Crippen molar-refractivity contribution in [1.29, 1.82) is 5.26 Å². The van der Waals surface area contributed by atoms with Crippen LogP contribution < -0.4 is 0 Å². The number of hydrogen-bond acceptors (Lipinski definition) is 5. The molecule has 1 fully saturated rings. The fraction of sp³-hybridized carbons (Fsp3) is 0.360. The summed E-state index contributed by atoms with van der Waals surface area (Å²) in [6.45, 7) is 3.90. The van der Waals surface area contributed by atoms with E-state index >= 15 is 0 Å². The summed E-state index contributed by atoms with van der Waals surface area (Å²) < 4.78 is 5.33. The van der Waals surface area contributed by atoms with E-state index in [4.69, 9.17) is 14.4 Å². The third kappa shape index (κ3) is 2.56. The number of ketones is 1. The van der Waals surface area contributed by atoms with E-state index in [2.05, 4.69) is 18.2 Å².